The Labute approximate surface area is 132 Å². The third-order valence-electron chi connectivity index (χ3n) is 4.03. The third-order valence-corrected chi connectivity index (χ3v) is 4.35. The highest BCUT2D eigenvalue weighted by Crippen LogP contribution is 2.17. The summed E-state index contributed by atoms with van der Waals surface area (Å²) in [6.07, 6.45) is 7.13. The number of aromatic amines is 1. The smallest absolute Gasteiger partial charge is 0.264 e. The lowest BCUT2D eigenvalue weighted by atomic mass is 9.95. The van der Waals surface area contributed by atoms with E-state index < -0.39 is 0 Å². The van der Waals surface area contributed by atoms with Crippen LogP contribution >= 0.6 is 12.2 Å². The van der Waals surface area contributed by atoms with Gasteiger partial charge in [0.25, 0.3) is 5.56 Å². The Morgan fingerprint density at radius 3 is 2.95 bits per heavy atom. The molecular weight excluding hydrogens is 300 g/mol. The Kier molecular flexibility index (Phi) is 4.33. The number of hydrogen-bond acceptors (Lipinski definition) is 4. The van der Waals surface area contributed by atoms with Crippen molar-refractivity contribution >= 4 is 29.2 Å². The average Bonchev–Trinajstić information content (AvgIpc) is 2.52. The highest BCUT2D eigenvalue weighted by molar-refractivity contribution is 7.71. The average molecular weight is 318 g/mol. The van der Waals surface area contributed by atoms with Crippen molar-refractivity contribution in [1.29, 1.82) is 0 Å². The molecule has 1 aliphatic carbocycles. The largest absolute Gasteiger partial charge is 0.352 e. The first-order chi connectivity index (χ1) is 10.6. The molecule has 2 N–H and O–H groups in total. The SMILES string of the molecule is O=C(Cn1c(=S)[nH]c2ncccc2c1=O)NC1CCCCC1. The van der Waals surface area contributed by atoms with Gasteiger partial charge in [-0.3, -0.25) is 14.2 Å². The molecule has 1 saturated carbocycles. The normalized spacial score (nSPS) is 15.8. The summed E-state index contributed by atoms with van der Waals surface area (Å²) in [5.41, 5.74) is 0.159. The molecule has 0 bridgehead atoms. The van der Waals surface area contributed by atoms with E-state index in [1.54, 1.807) is 18.3 Å². The first-order valence-corrected chi connectivity index (χ1v) is 7.93. The van der Waals surface area contributed by atoms with Gasteiger partial charge in [-0.05, 0) is 37.2 Å². The molecular formula is C15H18N4O2S. The number of nitrogens with one attached hydrogen (secondary N) is 2. The summed E-state index contributed by atoms with van der Waals surface area (Å²) in [5.74, 6) is -0.170. The number of hydrogen-bond donors (Lipinski definition) is 2. The number of aromatic nitrogens is 3. The molecule has 0 atom stereocenters. The molecule has 2 aromatic rings. The fraction of sp³-hybridized carbons (Fsp3) is 0.467. The first kappa shape index (κ1) is 14.9. The zero-order valence-electron chi connectivity index (χ0n) is 12.2. The maximum Gasteiger partial charge on any atom is 0.264 e. The number of pyridine rings is 1. The van der Waals surface area contributed by atoms with Crippen molar-refractivity contribution in [1.82, 2.24) is 19.9 Å². The summed E-state index contributed by atoms with van der Waals surface area (Å²) < 4.78 is 1.51. The Hall–Kier alpha value is -2.02. The fourth-order valence-corrected chi connectivity index (χ4v) is 3.14. The van der Waals surface area contributed by atoms with Crippen LogP contribution in [-0.2, 0) is 11.3 Å². The van der Waals surface area contributed by atoms with E-state index in [-0.39, 0.29) is 28.8 Å². The molecule has 22 heavy (non-hydrogen) atoms. The lowest BCUT2D eigenvalue weighted by Crippen LogP contribution is -2.40. The van der Waals surface area contributed by atoms with Crippen molar-refractivity contribution in [2.45, 2.75) is 44.7 Å². The van der Waals surface area contributed by atoms with E-state index in [4.69, 9.17) is 12.2 Å². The van der Waals surface area contributed by atoms with Crippen LogP contribution in [0, 0.1) is 4.77 Å². The number of fused-ring (bicyclic) bond motifs is 1. The van der Waals surface area contributed by atoms with Crippen LogP contribution in [0.3, 0.4) is 0 Å². The minimum atomic E-state index is -0.286. The van der Waals surface area contributed by atoms with E-state index in [1.165, 1.54) is 11.0 Å². The van der Waals surface area contributed by atoms with Gasteiger partial charge in [0.2, 0.25) is 5.91 Å². The molecule has 0 radical (unpaired) electrons. The zero-order chi connectivity index (χ0) is 15.5. The second kappa shape index (κ2) is 6.39. The number of H-pyrrole nitrogens is 1. The zero-order valence-corrected chi connectivity index (χ0v) is 13.0. The number of amides is 1. The fourth-order valence-electron chi connectivity index (χ4n) is 2.89. The molecule has 0 spiro atoms. The van der Waals surface area contributed by atoms with E-state index in [1.807, 2.05) is 0 Å². The van der Waals surface area contributed by atoms with E-state index in [0.29, 0.717) is 11.0 Å². The second-order valence-electron chi connectivity index (χ2n) is 5.62. The lowest BCUT2D eigenvalue weighted by molar-refractivity contribution is -0.122. The summed E-state index contributed by atoms with van der Waals surface area (Å²) >= 11 is 5.18. The van der Waals surface area contributed by atoms with Gasteiger partial charge < -0.3 is 10.3 Å². The van der Waals surface area contributed by atoms with E-state index in [2.05, 4.69) is 15.3 Å². The van der Waals surface area contributed by atoms with Crippen LogP contribution in [-0.4, -0.2) is 26.5 Å². The molecule has 0 aromatic carbocycles. The van der Waals surface area contributed by atoms with Gasteiger partial charge in [0.05, 0.1) is 5.39 Å². The summed E-state index contributed by atoms with van der Waals surface area (Å²) in [6, 6.07) is 3.58. The molecule has 1 aliphatic rings. The minimum Gasteiger partial charge on any atom is -0.352 e. The highest BCUT2D eigenvalue weighted by atomic mass is 32.1. The molecule has 116 valence electrons. The molecule has 1 amide bonds. The standard InChI is InChI=1S/C15H18N4O2S/c20-12(17-10-5-2-1-3-6-10)9-19-14(21)11-7-4-8-16-13(11)18-15(19)22/h4,7-8,10H,1-3,5-6,9H2,(H,17,20)(H,16,18,22). The monoisotopic (exact) mass is 318 g/mol. The van der Waals surface area contributed by atoms with Crippen molar-refractivity contribution in [2.24, 2.45) is 0 Å². The van der Waals surface area contributed by atoms with E-state index in [9.17, 15) is 9.59 Å². The number of nitrogens with zero attached hydrogens (tertiary/aromatic N) is 2. The second-order valence-corrected chi connectivity index (χ2v) is 6.01. The molecule has 6 nitrogen and oxygen atoms in total. The van der Waals surface area contributed by atoms with Crippen molar-refractivity contribution in [3.05, 3.63) is 33.5 Å². The van der Waals surface area contributed by atoms with Gasteiger partial charge in [-0.1, -0.05) is 19.3 Å². The van der Waals surface area contributed by atoms with Gasteiger partial charge in [-0.2, -0.15) is 0 Å². The first-order valence-electron chi connectivity index (χ1n) is 7.52. The minimum absolute atomic E-state index is 0.0600. The molecule has 1 fully saturated rings. The number of carbonyl (C=O) groups excluding carboxylic acids is 1. The van der Waals surface area contributed by atoms with Crippen LogP contribution in [0.1, 0.15) is 32.1 Å². The Morgan fingerprint density at radius 2 is 2.18 bits per heavy atom. The Balaban J connectivity index is 1.82. The van der Waals surface area contributed by atoms with Crippen molar-refractivity contribution in [2.75, 3.05) is 0 Å². The van der Waals surface area contributed by atoms with Gasteiger partial charge in [0, 0.05) is 12.2 Å². The van der Waals surface area contributed by atoms with Crippen LogP contribution in [0.5, 0.6) is 0 Å². The molecule has 7 heteroatoms. The maximum atomic E-state index is 12.4. The van der Waals surface area contributed by atoms with Gasteiger partial charge in [0.15, 0.2) is 4.77 Å². The Morgan fingerprint density at radius 1 is 1.41 bits per heavy atom. The topological polar surface area (TPSA) is 79.8 Å². The van der Waals surface area contributed by atoms with Gasteiger partial charge in [0.1, 0.15) is 12.2 Å². The quantitative estimate of drug-likeness (QED) is 0.847. The molecule has 0 unspecified atom stereocenters. The molecule has 3 rings (SSSR count). The van der Waals surface area contributed by atoms with Crippen LogP contribution in [0.2, 0.25) is 0 Å². The Bertz CT molecular complexity index is 805. The third kappa shape index (κ3) is 3.09. The van der Waals surface area contributed by atoms with Gasteiger partial charge in [-0.25, -0.2) is 4.98 Å². The molecule has 0 aliphatic heterocycles. The van der Waals surface area contributed by atoms with E-state index in [0.717, 1.165) is 25.7 Å². The van der Waals surface area contributed by atoms with Gasteiger partial charge in [-0.15, -0.1) is 0 Å². The van der Waals surface area contributed by atoms with Crippen LogP contribution in [0.25, 0.3) is 11.0 Å². The van der Waals surface area contributed by atoms with Crippen LogP contribution < -0.4 is 10.9 Å². The molecule has 2 aromatic heterocycles. The summed E-state index contributed by atoms with van der Waals surface area (Å²) in [7, 11) is 0. The predicted octanol–water partition coefficient (Wildman–Crippen LogP) is 1.90. The summed E-state index contributed by atoms with van der Waals surface area (Å²) in [6.45, 7) is -0.0600. The number of rotatable bonds is 3. The highest BCUT2D eigenvalue weighted by Gasteiger charge is 2.17. The van der Waals surface area contributed by atoms with Crippen LogP contribution in [0.15, 0.2) is 23.1 Å². The van der Waals surface area contributed by atoms with Crippen molar-refractivity contribution in [3.63, 3.8) is 0 Å². The lowest BCUT2D eigenvalue weighted by Gasteiger charge is -2.22. The van der Waals surface area contributed by atoms with Gasteiger partial charge >= 0.3 is 0 Å². The van der Waals surface area contributed by atoms with Crippen molar-refractivity contribution < 1.29 is 4.79 Å². The molecule has 0 saturated heterocycles. The molecule has 2 heterocycles. The van der Waals surface area contributed by atoms with Crippen molar-refractivity contribution in [3.8, 4) is 0 Å². The predicted molar refractivity (Wildman–Crippen MR) is 86.2 cm³/mol. The number of carbonyl (C=O) groups is 1. The maximum absolute atomic E-state index is 12.4. The summed E-state index contributed by atoms with van der Waals surface area (Å²) in [4.78, 5) is 31.6. The summed E-state index contributed by atoms with van der Waals surface area (Å²) in [5, 5.41) is 3.43. The van der Waals surface area contributed by atoms with Crippen LogP contribution in [0.4, 0.5) is 0 Å². The van der Waals surface area contributed by atoms with E-state index >= 15 is 0 Å².